The van der Waals surface area contributed by atoms with Gasteiger partial charge in [0.05, 0.1) is 15.5 Å². The Labute approximate surface area is 171 Å². The van der Waals surface area contributed by atoms with Gasteiger partial charge in [-0.05, 0) is 55.0 Å². The zero-order valence-electron chi connectivity index (χ0n) is 16.3. The number of anilines is 1. The first-order valence-electron chi connectivity index (χ1n) is 9.42. The number of rotatable bonds is 5. The number of carbonyl (C=O) groups excluding carboxylic acids is 1. The summed E-state index contributed by atoms with van der Waals surface area (Å²) in [7, 11) is -3.62. The van der Waals surface area contributed by atoms with Crippen LogP contribution in [-0.4, -0.2) is 31.7 Å². The highest BCUT2D eigenvalue weighted by atomic mass is 35.5. The predicted molar refractivity (Wildman–Crippen MR) is 113 cm³/mol. The van der Waals surface area contributed by atoms with Gasteiger partial charge in [0.15, 0.2) is 0 Å². The summed E-state index contributed by atoms with van der Waals surface area (Å²) in [5.74, 6) is -0.188. The van der Waals surface area contributed by atoms with Crippen molar-refractivity contribution in [1.82, 2.24) is 4.31 Å². The molecular formula is C21H25ClN2O3S. The molecular weight excluding hydrogens is 396 g/mol. The molecule has 0 bridgehead atoms. The van der Waals surface area contributed by atoms with E-state index in [9.17, 15) is 13.2 Å². The minimum absolute atomic E-state index is 0.0952. The average Bonchev–Trinajstić information content (AvgIpc) is 3.18. The standard InChI is InChI=1S/C21H25ClN2O3S/c1-14(2)17-8-6-7-15(3)20(17)23-21(25)18-13-16(9-10-19(18)22)28(26,27)24-11-4-5-12-24/h6-10,13-14H,4-5,11-12H2,1-3H3,(H,23,25). The van der Waals surface area contributed by atoms with E-state index in [1.807, 2.05) is 25.1 Å². The molecule has 150 valence electrons. The molecule has 1 N–H and O–H groups in total. The molecule has 5 nitrogen and oxygen atoms in total. The smallest absolute Gasteiger partial charge is 0.257 e. The maximum atomic E-state index is 13.0. The van der Waals surface area contributed by atoms with E-state index in [2.05, 4.69) is 19.2 Å². The first kappa shape index (κ1) is 20.8. The molecule has 1 aliphatic heterocycles. The molecule has 0 atom stereocenters. The molecule has 1 heterocycles. The normalized spacial score (nSPS) is 15.2. The van der Waals surface area contributed by atoms with Crippen LogP contribution in [0.25, 0.3) is 0 Å². The van der Waals surface area contributed by atoms with Crippen LogP contribution in [0.3, 0.4) is 0 Å². The maximum absolute atomic E-state index is 13.0. The molecule has 0 radical (unpaired) electrons. The van der Waals surface area contributed by atoms with Crippen LogP contribution < -0.4 is 5.32 Å². The lowest BCUT2D eigenvalue weighted by molar-refractivity contribution is 0.102. The van der Waals surface area contributed by atoms with Crippen molar-refractivity contribution in [3.63, 3.8) is 0 Å². The van der Waals surface area contributed by atoms with E-state index < -0.39 is 15.9 Å². The predicted octanol–water partition coefficient (Wildman–Crippen LogP) is 4.81. The molecule has 0 aromatic heterocycles. The summed E-state index contributed by atoms with van der Waals surface area (Å²) in [5, 5.41) is 3.15. The largest absolute Gasteiger partial charge is 0.321 e. The third-order valence-electron chi connectivity index (χ3n) is 5.05. The van der Waals surface area contributed by atoms with Gasteiger partial charge in [-0.1, -0.05) is 43.6 Å². The lowest BCUT2D eigenvalue weighted by atomic mass is 9.98. The fourth-order valence-corrected chi connectivity index (χ4v) is 5.19. The second kappa shape index (κ2) is 8.23. The summed E-state index contributed by atoms with van der Waals surface area (Å²) in [4.78, 5) is 13.1. The molecule has 1 saturated heterocycles. The second-order valence-electron chi connectivity index (χ2n) is 7.40. The van der Waals surface area contributed by atoms with Crippen molar-refractivity contribution in [2.24, 2.45) is 0 Å². The van der Waals surface area contributed by atoms with Crippen LogP contribution in [0.1, 0.15) is 54.1 Å². The number of halogens is 1. The number of hydrogen-bond donors (Lipinski definition) is 1. The lowest BCUT2D eigenvalue weighted by Gasteiger charge is -2.18. The number of benzene rings is 2. The van der Waals surface area contributed by atoms with Crippen molar-refractivity contribution in [3.8, 4) is 0 Å². The van der Waals surface area contributed by atoms with Gasteiger partial charge in [-0.15, -0.1) is 0 Å². The molecule has 0 unspecified atom stereocenters. The molecule has 1 fully saturated rings. The Morgan fingerprint density at radius 3 is 2.46 bits per heavy atom. The molecule has 0 saturated carbocycles. The van der Waals surface area contributed by atoms with Crippen molar-refractivity contribution >= 4 is 33.2 Å². The molecule has 3 rings (SSSR count). The van der Waals surface area contributed by atoms with E-state index in [0.29, 0.717) is 13.1 Å². The zero-order valence-corrected chi connectivity index (χ0v) is 17.9. The van der Waals surface area contributed by atoms with Crippen LogP contribution in [0, 0.1) is 6.92 Å². The Morgan fingerprint density at radius 2 is 1.82 bits per heavy atom. The molecule has 0 spiro atoms. The number of carbonyl (C=O) groups is 1. The second-order valence-corrected chi connectivity index (χ2v) is 9.75. The number of nitrogens with zero attached hydrogens (tertiary/aromatic N) is 1. The van der Waals surface area contributed by atoms with Crippen molar-refractivity contribution < 1.29 is 13.2 Å². The Bertz CT molecular complexity index is 997. The van der Waals surface area contributed by atoms with Crippen LogP contribution in [0.15, 0.2) is 41.3 Å². The lowest BCUT2D eigenvalue weighted by Crippen LogP contribution is -2.28. The van der Waals surface area contributed by atoms with E-state index in [0.717, 1.165) is 29.7 Å². The average molecular weight is 421 g/mol. The van der Waals surface area contributed by atoms with E-state index >= 15 is 0 Å². The fraction of sp³-hybridized carbons (Fsp3) is 0.381. The van der Waals surface area contributed by atoms with E-state index in [-0.39, 0.29) is 21.4 Å². The first-order chi connectivity index (χ1) is 13.2. The van der Waals surface area contributed by atoms with Gasteiger partial charge in [0.2, 0.25) is 10.0 Å². The summed E-state index contributed by atoms with van der Waals surface area (Å²) in [5.41, 5.74) is 2.85. The number of para-hydroxylation sites is 1. The van der Waals surface area contributed by atoms with Gasteiger partial charge in [0.1, 0.15) is 0 Å². The van der Waals surface area contributed by atoms with E-state index in [1.54, 1.807) is 0 Å². The number of aryl methyl sites for hydroxylation is 1. The molecule has 2 aromatic carbocycles. The van der Waals surface area contributed by atoms with Gasteiger partial charge in [0, 0.05) is 18.8 Å². The molecule has 0 aliphatic carbocycles. The van der Waals surface area contributed by atoms with Gasteiger partial charge in [-0.25, -0.2) is 8.42 Å². The summed E-state index contributed by atoms with van der Waals surface area (Å²) < 4.78 is 27.1. The maximum Gasteiger partial charge on any atom is 0.257 e. The van der Waals surface area contributed by atoms with Crippen LogP contribution in [0.2, 0.25) is 5.02 Å². The van der Waals surface area contributed by atoms with Crippen molar-refractivity contribution in [2.75, 3.05) is 18.4 Å². The highest BCUT2D eigenvalue weighted by Gasteiger charge is 2.28. The van der Waals surface area contributed by atoms with E-state index in [1.165, 1.54) is 22.5 Å². The molecule has 1 amide bonds. The Balaban J connectivity index is 1.95. The van der Waals surface area contributed by atoms with Crippen LogP contribution in [0.4, 0.5) is 5.69 Å². The summed E-state index contributed by atoms with van der Waals surface area (Å²) in [6.45, 7) is 7.06. The molecule has 2 aromatic rings. The third-order valence-corrected chi connectivity index (χ3v) is 7.28. The first-order valence-corrected chi connectivity index (χ1v) is 11.2. The number of nitrogens with one attached hydrogen (secondary N) is 1. The molecule has 7 heteroatoms. The summed E-state index contributed by atoms with van der Waals surface area (Å²) in [6, 6.07) is 10.2. The van der Waals surface area contributed by atoms with Gasteiger partial charge in [-0.2, -0.15) is 4.31 Å². The van der Waals surface area contributed by atoms with Crippen LogP contribution in [0.5, 0.6) is 0 Å². The van der Waals surface area contributed by atoms with Crippen molar-refractivity contribution in [2.45, 2.75) is 44.4 Å². The van der Waals surface area contributed by atoms with Crippen molar-refractivity contribution in [3.05, 3.63) is 58.1 Å². The molecule has 1 aliphatic rings. The third kappa shape index (κ3) is 4.09. The van der Waals surface area contributed by atoms with Crippen molar-refractivity contribution in [1.29, 1.82) is 0 Å². The minimum Gasteiger partial charge on any atom is -0.321 e. The monoisotopic (exact) mass is 420 g/mol. The van der Waals surface area contributed by atoms with Gasteiger partial charge in [0.25, 0.3) is 5.91 Å². The van der Waals surface area contributed by atoms with Gasteiger partial charge < -0.3 is 5.32 Å². The summed E-state index contributed by atoms with van der Waals surface area (Å²) >= 11 is 6.24. The van der Waals surface area contributed by atoms with Gasteiger partial charge in [-0.3, -0.25) is 4.79 Å². The minimum atomic E-state index is -3.62. The number of hydrogen-bond acceptors (Lipinski definition) is 3. The van der Waals surface area contributed by atoms with Gasteiger partial charge >= 0.3 is 0 Å². The zero-order chi connectivity index (χ0) is 20.5. The van der Waals surface area contributed by atoms with Crippen LogP contribution in [-0.2, 0) is 10.0 Å². The Morgan fingerprint density at radius 1 is 1.14 bits per heavy atom. The quantitative estimate of drug-likeness (QED) is 0.754. The SMILES string of the molecule is Cc1cccc(C(C)C)c1NC(=O)c1cc(S(=O)(=O)N2CCCC2)ccc1Cl. The summed E-state index contributed by atoms with van der Waals surface area (Å²) in [6.07, 6.45) is 1.71. The van der Waals surface area contributed by atoms with Crippen LogP contribution >= 0.6 is 11.6 Å². The fourth-order valence-electron chi connectivity index (χ4n) is 3.44. The Kier molecular flexibility index (Phi) is 6.12. The Hall–Kier alpha value is -1.89. The highest BCUT2D eigenvalue weighted by molar-refractivity contribution is 7.89. The molecule has 28 heavy (non-hydrogen) atoms. The topological polar surface area (TPSA) is 66.5 Å². The highest BCUT2D eigenvalue weighted by Crippen LogP contribution is 2.30. The number of sulfonamides is 1. The van der Waals surface area contributed by atoms with E-state index in [4.69, 9.17) is 11.6 Å². The number of amides is 1.